The number of hydrogen-bond acceptors (Lipinski definition) is 2. The van der Waals surface area contributed by atoms with Gasteiger partial charge in [-0.25, -0.2) is 8.91 Å². The Hall–Kier alpha value is -1.36. The molecule has 2 heterocycles. The number of nitrogens with one attached hydrogen (secondary N) is 1. The maximum Gasteiger partial charge on any atom is 0.276 e. The number of rotatable bonds is 0. The van der Waals surface area contributed by atoms with Crippen LogP contribution in [-0.4, -0.2) is 14.6 Å². The standard InChI is InChI=1S/C6H3ClFN3O/c7-6-9-5(12)4-1-3(8)2-11(4)10-6/h1-2H,(H,9,10,12). The van der Waals surface area contributed by atoms with E-state index in [1.54, 1.807) is 0 Å². The van der Waals surface area contributed by atoms with Crippen LogP contribution in [0.3, 0.4) is 0 Å². The predicted octanol–water partition coefficient (Wildman–Crippen LogP) is 0.815. The molecule has 12 heavy (non-hydrogen) atoms. The smallest absolute Gasteiger partial charge is 0.276 e. The third kappa shape index (κ3) is 0.984. The number of halogens is 2. The highest BCUT2D eigenvalue weighted by atomic mass is 35.5. The van der Waals surface area contributed by atoms with Crippen molar-refractivity contribution in [2.45, 2.75) is 0 Å². The number of H-pyrrole nitrogens is 1. The zero-order chi connectivity index (χ0) is 8.72. The molecule has 0 spiro atoms. The van der Waals surface area contributed by atoms with Gasteiger partial charge >= 0.3 is 0 Å². The molecule has 4 nitrogen and oxygen atoms in total. The largest absolute Gasteiger partial charge is 0.294 e. The first-order chi connectivity index (χ1) is 5.66. The molecule has 0 aliphatic heterocycles. The quantitative estimate of drug-likeness (QED) is 0.664. The van der Waals surface area contributed by atoms with E-state index >= 15 is 0 Å². The van der Waals surface area contributed by atoms with Crippen molar-refractivity contribution in [3.63, 3.8) is 0 Å². The van der Waals surface area contributed by atoms with E-state index in [9.17, 15) is 9.18 Å². The molecule has 6 heteroatoms. The van der Waals surface area contributed by atoms with Crippen molar-refractivity contribution < 1.29 is 4.39 Å². The first-order valence-electron chi connectivity index (χ1n) is 3.10. The van der Waals surface area contributed by atoms with Crippen molar-refractivity contribution in [1.82, 2.24) is 14.6 Å². The summed E-state index contributed by atoms with van der Waals surface area (Å²) in [5.41, 5.74) is -0.323. The lowest BCUT2D eigenvalue weighted by Gasteiger charge is -1.91. The van der Waals surface area contributed by atoms with Crippen LogP contribution >= 0.6 is 11.6 Å². The van der Waals surface area contributed by atoms with Gasteiger partial charge in [-0.2, -0.15) is 0 Å². The minimum atomic E-state index is -0.518. The van der Waals surface area contributed by atoms with E-state index in [4.69, 9.17) is 11.6 Å². The first-order valence-corrected chi connectivity index (χ1v) is 3.48. The van der Waals surface area contributed by atoms with Crippen LogP contribution in [0.5, 0.6) is 0 Å². The fourth-order valence-electron chi connectivity index (χ4n) is 0.950. The molecule has 0 unspecified atom stereocenters. The van der Waals surface area contributed by atoms with Crippen molar-refractivity contribution in [3.05, 3.63) is 33.7 Å². The second kappa shape index (κ2) is 2.31. The molecule has 2 rings (SSSR count). The van der Waals surface area contributed by atoms with Crippen LogP contribution in [0, 0.1) is 5.82 Å². The van der Waals surface area contributed by atoms with E-state index in [1.807, 2.05) is 0 Å². The highest BCUT2D eigenvalue weighted by molar-refractivity contribution is 6.28. The molecule has 0 saturated heterocycles. The van der Waals surface area contributed by atoms with Gasteiger partial charge in [-0.3, -0.25) is 9.78 Å². The number of hydrogen-bond donors (Lipinski definition) is 1. The van der Waals surface area contributed by atoms with Gasteiger partial charge in [-0.05, 0) is 11.6 Å². The Morgan fingerprint density at radius 2 is 2.42 bits per heavy atom. The van der Waals surface area contributed by atoms with Crippen LogP contribution in [0.25, 0.3) is 5.52 Å². The zero-order valence-electron chi connectivity index (χ0n) is 5.71. The molecule has 0 radical (unpaired) electrons. The van der Waals surface area contributed by atoms with Crippen molar-refractivity contribution >= 4 is 17.1 Å². The van der Waals surface area contributed by atoms with Gasteiger partial charge in [0.2, 0.25) is 5.28 Å². The Morgan fingerprint density at radius 1 is 1.67 bits per heavy atom. The van der Waals surface area contributed by atoms with Crippen molar-refractivity contribution in [2.24, 2.45) is 0 Å². The summed E-state index contributed by atoms with van der Waals surface area (Å²) in [4.78, 5) is 13.3. The van der Waals surface area contributed by atoms with Gasteiger partial charge in [-0.1, -0.05) is 0 Å². The highest BCUT2D eigenvalue weighted by Gasteiger charge is 2.04. The molecule has 0 amide bonds. The fraction of sp³-hybridized carbons (Fsp3) is 0. The van der Waals surface area contributed by atoms with Crippen LogP contribution in [0.15, 0.2) is 17.1 Å². The van der Waals surface area contributed by atoms with E-state index < -0.39 is 11.4 Å². The molecular weight excluding hydrogens is 185 g/mol. The second-order valence-corrected chi connectivity index (χ2v) is 2.59. The SMILES string of the molecule is O=c1[nH]c(Cl)nn2cc(F)cc12. The number of nitrogens with zero attached hydrogens (tertiary/aromatic N) is 2. The Balaban J connectivity index is 2.98. The number of fused-ring (bicyclic) bond motifs is 1. The maximum absolute atomic E-state index is 12.6. The summed E-state index contributed by atoms with van der Waals surface area (Å²) in [6, 6.07) is 1.09. The molecular formula is C6H3ClFN3O. The van der Waals surface area contributed by atoms with E-state index in [1.165, 1.54) is 0 Å². The van der Waals surface area contributed by atoms with Gasteiger partial charge in [-0.15, -0.1) is 5.10 Å². The van der Waals surface area contributed by atoms with Gasteiger partial charge in [0, 0.05) is 6.07 Å². The predicted molar refractivity (Wildman–Crippen MR) is 40.8 cm³/mol. The van der Waals surface area contributed by atoms with Crippen molar-refractivity contribution in [3.8, 4) is 0 Å². The molecule has 0 saturated carbocycles. The van der Waals surface area contributed by atoms with Crippen molar-refractivity contribution in [2.75, 3.05) is 0 Å². The molecule has 2 aromatic heterocycles. The maximum atomic E-state index is 12.6. The topological polar surface area (TPSA) is 50.2 Å². The molecule has 0 bridgehead atoms. The summed E-state index contributed by atoms with van der Waals surface area (Å²) in [6.07, 6.45) is 1.08. The molecule has 0 aromatic carbocycles. The second-order valence-electron chi connectivity index (χ2n) is 2.23. The lowest BCUT2D eigenvalue weighted by Crippen LogP contribution is -2.11. The summed E-state index contributed by atoms with van der Waals surface area (Å²) >= 11 is 5.42. The average Bonchev–Trinajstić information content (AvgIpc) is 2.29. The average molecular weight is 188 g/mol. The van der Waals surface area contributed by atoms with Crippen LogP contribution in [0.4, 0.5) is 4.39 Å². The Kier molecular flexibility index (Phi) is 1.41. The minimum absolute atomic E-state index is 0.0666. The monoisotopic (exact) mass is 187 g/mol. The molecule has 1 N–H and O–H groups in total. The van der Waals surface area contributed by atoms with E-state index in [2.05, 4.69) is 10.1 Å². The Bertz CT molecular complexity index is 489. The summed E-state index contributed by atoms with van der Waals surface area (Å²) in [7, 11) is 0. The summed E-state index contributed by atoms with van der Waals surface area (Å²) < 4.78 is 13.7. The van der Waals surface area contributed by atoms with E-state index in [0.29, 0.717) is 0 Å². The van der Waals surface area contributed by atoms with E-state index in [-0.39, 0.29) is 10.8 Å². The van der Waals surface area contributed by atoms with E-state index in [0.717, 1.165) is 16.8 Å². The molecule has 0 aliphatic rings. The molecule has 0 aliphatic carbocycles. The summed E-state index contributed by atoms with van der Waals surface area (Å²) in [5, 5.41) is 3.58. The molecule has 0 atom stereocenters. The molecule has 0 fully saturated rings. The normalized spacial score (nSPS) is 10.8. The van der Waals surface area contributed by atoms with Crippen molar-refractivity contribution in [1.29, 1.82) is 0 Å². The molecule has 2 aromatic rings. The van der Waals surface area contributed by atoms with Crippen LogP contribution in [0.1, 0.15) is 0 Å². The minimum Gasteiger partial charge on any atom is -0.294 e. The highest BCUT2D eigenvalue weighted by Crippen LogP contribution is 2.03. The fourth-order valence-corrected chi connectivity index (χ4v) is 1.12. The molecule has 62 valence electrons. The van der Waals surface area contributed by atoms with Gasteiger partial charge in [0.25, 0.3) is 5.56 Å². The third-order valence-corrected chi connectivity index (χ3v) is 1.58. The van der Waals surface area contributed by atoms with Crippen LogP contribution < -0.4 is 5.56 Å². The van der Waals surface area contributed by atoms with Crippen LogP contribution in [0.2, 0.25) is 5.28 Å². The van der Waals surface area contributed by atoms with Gasteiger partial charge in [0.05, 0.1) is 6.20 Å². The summed E-state index contributed by atoms with van der Waals surface area (Å²) in [6.45, 7) is 0. The van der Waals surface area contributed by atoms with Gasteiger partial charge < -0.3 is 0 Å². The zero-order valence-corrected chi connectivity index (χ0v) is 6.47. The van der Waals surface area contributed by atoms with Crippen LogP contribution in [-0.2, 0) is 0 Å². The number of aromatic nitrogens is 3. The van der Waals surface area contributed by atoms with Gasteiger partial charge in [0.1, 0.15) is 11.3 Å². The third-order valence-electron chi connectivity index (χ3n) is 1.41. The first kappa shape index (κ1) is 7.30. The number of aromatic amines is 1. The lowest BCUT2D eigenvalue weighted by molar-refractivity contribution is 0.625. The summed E-state index contributed by atoms with van der Waals surface area (Å²) in [5.74, 6) is -0.518. The lowest BCUT2D eigenvalue weighted by atomic mass is 10.5. The Morgan fingerprint density at radius 3 is 3.17 bits per heavy atom. The van der Waals surface area contributed by atoms with Gasteiger partial charge in [0.15, 0.2) is 0 Å². The Labute approximate surface area is 70.6 Å².